The van der Waals surface area contributed by atoms with Crippen molar-refractivity contribution in [2.75, 3.05) is 21.3 Å². The molecule has 0 bridgehead atoms. The molecule has 3 heterocycles. The molecular formula is C27H22N4O7. The van der Waals surface area contributed by atoms with Crippen LogP contribution in [0.5, 0.6) is 28.9 Å². The van der Waals surface area contributed by atoms with Crippen LogP contribution in [0.25, 0.3) is 11.3 Å². The Morgan fingerprint density at radius 1 is 1.08 bits per heavy atom. The molecule has 0 radical (unpaired) electrons. The van der Waals surface area contributed by atoms with Crippen LogP contribution in [0, 0.1) is 11.3 Å². The highest BCUT2D eigenvalue weighted by Gasteiger charge is 2.36. The molecule has 38 heavy (non-hydrogen) atoms. The molecule has 2 aromatic heterocycles. The molecule has 11 nitrogen and oxygen atoms in total. The highest BCUT2D eigenvalue weighted by atomic mass is 16.5. The second-order valence-corrected chi connectivity index (χ2v) is 8.09. The van der Waals surface area contributed by atoms with Gasteiger partial charge in [0.15, 0.2) is 11.5 Å². The third-order valence-corrected chi connectivity index (χ3v) is 6.04. The molecule has 0 amide bonds. The fourth-order valence-electron chi connectivity index (χ4n) is 4.30. The molecule has 5 rings (SSSR count). The lowest BCUT2D eigenvalue weighted by Crippen LogP contribution is -2.21. The summed E-state index contributed by atoms with van der Waals surface area (Å²) in [7, 11) is 4.56. The summed E-state index contributed by atoms with van der Waals surface area (Å²) in [6.45, 7) is 0. The van der Waals surface area contributed by atoms with Gasteiger partial charge in [0, 0.05) is 5.56 Å². The lowest BCUT2D eigenvalue weighted by Gasteiger charge is -2.24. The number of furan rings is 1. The van der Waals surface area contributed by atoms with E-state index in [-0.39, 0.29) is 23.1 Å². The minimum absolute atomic E-state index is 0.0544. The molecule has 3 N–H and O–H groups in total. The van der Waals surface area contributed by atoms with E-state index in [9.17, 15) is 10.1 Å². The lowest BCUT2D eigenvalue weighted by atomic mass is 9.83. The number of H-pyrrole nitrogens is 1. The number of allylic oxidation sites excluding steroid dienone is 1. The SMILES string of the molecule is COc1cc(-c2[nH]nc3c2[C@H](c2ccc(OC(=O)c4ccco4)cc2)C(C#N)=C(N)O3)cc(OC)c1OC. The van der Waals surface area contributed by atoms with Crippen LogP contribution in [0.4, 0.5) is 0 Å². The van der Waals surface area contributed by atoms with Gasteiger partial charge in [-0.25, -0.2) is 4.79 Å². The van der Waals surface area contributed by atoms with Gasteiger partial charge in [-0.05, 0) is 42.0 Å². The first kappa shape index (κ1) is 24.3. The zero-order valence-electron chi connectivity index (χ0n) is 20.6. The number of nitrogens with zero attached hydrogens (tertiary/aromatic N) is 2. The van der Waals surface area contributed by atoms with Gasteiger partial charge in [-0.1, -0.05) is 12.1 Å². The zero-order valence-corrected chi connectivity index (χ0v) is 20.6. The molecule has 1 atom stereocenters. The summed E-state index contributed by atoms with van der Waals surface area (Å²) >= 11 is 0. The normalized spacial score (nSPS) is 14.2. The first-order valence-corrected chi connectivity index (χ1v) is 11.3. The second kappa shape index (κ2) is 9.94. The second-order valence-electron chi connectivity index (χ2n) is 8.09. The maximum atomic E-state index is 12.2. The molecule has 4 aromatic rings. The molecule has 0 saturated carbocycles. The predicted molar refractivity (Wildman–Crippen MR) is 133 cm³/mol. The van der Waals surface area contributed by atoms with Gasteiger partial charge in [-0.15, -0.1) is 5.10 Å². The standard InChI is InChI=1S/C27H22N4O7/c1-33-19-11-15(12-20(34-2)24(19)35-3)23-22-21(17(13-28)25(29)38-26(22)31-30-23)14-6-8-16(9-7-14)37-27(32)18-5-4-10-36-18/h4-12,21H,29H2,1-3H3,(H,30,31)/t21-/m1/s1. The number of aromatic nitrogens is 2. The smallest absolute Gasteiger partial charge is 0.379 e. The van der Waals surface area contributed by atoms with E-state index in [0.717, 1.165) is 0 Å². The highest BCUT2D eigenvalue weighted by Crippen LogP contribution is 2.48. The van der Waals surface area contributed by atoms with Gasteiger partial charge in [-0.2, -0.15) is 5.26 Å². The first-order valence-electron chi connectivity index (χ1n) is 11.3. The fraction of sp³-hybridized carbons (Fsp3) is 0.148. The minimum Gasteiger partial charge on any atom is -0.493 e. The third kappa shape index (κ3) is 4.14. The Kier molecular flexibility index (Phi) is 6.37. The number of benzene rings is 2. The number of esters is 1. The molecule has 0 fully saturated rings. The number of hydrogen-bond acceptors (Lipinski definition) is 10. The van der Waals surface area contributed by atoms with E-state index in [1.807, 2.05) is 0 Å². The van der Waals surface area contributed by atoms with Crippen molar-refractivity contribution in [3.63, 3.8) is 0 Å². The maximum Gasteiger partial charge on any atom is 0.379 e. The van der Waals surface area contributed by atoms with E-state index < -0.39 is 11.9 Å². The quantitative estimate of drug-likeness (QED) is 0.272. The van der Waals surface area contributed by atoms with Crippen molar-refractivity contribution >= 4 is 5.97 Å². The molecule has 1 aliphatic rings. The van der Waals surface area contributed by atoms with Crippen LogP contribution in [0.15, 0.2) is 70.7 Å². The Bertz CT molecular complexity index is 1540. The number of ether oxygens (including phenoxy) is 5. The number of methoxy groups -OCH3 is 3. The van der Waals surface area contributed by atoms with Gasteiger partial charge in [-0.3, -0.25) is 5.10 Å². The summed E-state index contributed by atoms with van der Waals surface area (Å²) in [5.74, 6) is 0.609. The van der Waals surface area contributed by atoms with E-state index in [1.165, 1.54) is 33.7 Å². The highest BCUT2D eigenvalue weighted by molar-refractivity contribution is 5.88. The van der Waals surface area contributed by atoms with Crippen LogP contribution in [-0.2, 0) is 0 Å². The van der Waals surface area contributed by atoms with Crippen LogP contribution in [0.1, 0.15) is 27.6 Å². The molecule has 0 spiro atoms. The van der Waals surface area contributed by atoms with Gasteiger partial charge < -0.3 is 33.8 Å². The molecule has 192 valence electrons. The van der Waals surface area contributed by atoms with E-state index in [1.54, 1.807) is 42.5 Å². The number of carbonyl (C=O) groups is 1. The van der Waals surface area contributed by atoms with Crippen LogP contribution in [0.3, 0.4) is 0 Å². The number of nitrogens with one attached hydrogen (secondary N) is 1. The average molecular weight is 514 g/mol. The summed E-state index contributed by atoms with van der Waals surface area (Å²) in [5, 5.41) is 17.3. The predicted octanol–water partition coefficient (Wildman–Crippen LogP) is 4.13. The fourth-order valence-corrected chi connectivity index (χ4v) is 4.30. The van der Waals surface area contributed by atoms with Gasteiger partial charge >= 0.3 is 5.97 Å². The number of carbonyl (C=O) groups excluding carboxylic acids is 1. The van der Waals surface area contributed by atoms with Crippen LogP contribution < -0.4 is 29.4 Å². The molecule has 1 aliphatic heterocycles. The van der Waals surface area contributed by atoms with Crippen molar-refractivity contribution in [3.8, 4) is 46.2 Å². The summed E-state index contributed by atoms with van der Waals surface area (Å²) < 4.78 is 32.6. The van der Waals surface area contributed by atoms with Crippen molar-refractivity contribution in [2.24, 2.45) is 5.73 Å². The van der Waals surface area contributed by atoms with Gasteiger partial charge in [0.2, 0.25) is 23.3 Å². The van der Waals surface area contributed by atoms with Crippen molar-refractivity contribution in [3.05, 3.63) is 83.1 Å². The molecule has 0 unspecified atom stereocenters. The van der Waals surface area contributed by atoms with Crippen molar-refractivity contribution < 1.29 is 32.9 Å². The molecule has 0 aliphatic carbocycles. The number of nitriles is 1. The number of fused-ring (bicyclic) bond motifs is 1. The van der Waals surface area contributed by atoms with Gasteiger partial charge in [0.05, 0.1) is 44.8 Å². The monoisotopic (exact) mass is 514 g/mol. The number of hydrogen-bond donors (Lipinski definition) is 2. The van der Waals surface area contributed by atoms with Crippen molar-refractivity contribution in [2.45, 2.75) is 5.92 Å². The molecule has 0 saturated heterocycles. The Hall–Kier alpha value is -5.37. The topological polar surface area (TPSA) is 155 Å². The van der Waals surface area contributed by atoms with Crippen LogP contribution in [0.2, 0.25) is 0 Å². The Labute approximate surface area is 216 Å². The van der Waals surface area contributed by atoms with Gasteiger partial charge in [0.25, 0.3) is 0 Å². The lowest BCUT2D eigenvalue weighted by molar-refractivity contribution is 0.0701. The maximum absolute atomic E-state index is 12.2. The average Bonchev–Trinajstić information content (AvgIpc) is 3.62. The third-order valence-electron chi connectivity index (χ3n) is 6.04. The number of aromatic amines is 1. The largest absolute Gasteiger partial charge is 0.493 e. The minimum atomic E-state index is -0.633. The first-order chi connectivity index (χ1) is 18.5. The molecule has 2 aromatic carbocycles. The Morgan fingerprint density at radius 2 is 1.79 bits per heavy atom. The van der Waals surface area contributed by atoms with E-state index in [4.69, 9.17) is 33.8 Å². The van der Waals surface area contributed by atoms with Crippen molar-refractivity contribution in [1.29, 1.82) is 5.26 Å². The molecular weight excluding hydrogens is 492 g/mol. The van der Waals surface area contributed by atoms with E-state index in [2.05, 4.69) is 16.3 Å². The number of rotatable bonds is 7. The number of nitrogens with two attached hydrogens (primary N) is 1. The van der Waals surface area contributed by atoms with Crippen molar-refractivity contribution in [1.82, 2.24) is 10.2 Å². The zero-order chi connectivity index (χ0) is 26.8. The van der Waals surface area contributed by atoms with E-state index in [0.29, 0.717) is 45.4 Å². The summed E-state index contributed by atoms with van der Waals surface area (Å²) in [5.41, 5.74) is 8.81. The summed E-state index contributed by atoms with van der Waals surface area (Å²) in [6.07, 6.45) is 1.39. The Morgan fingerprint density at radius 3 is 2.37 bits per heavy atom. The Balaban J connectivity index is 1.58. The summed E-state index contributed by atoms with van der Waals surface area (Å²) in [6, 6.07) is 15.5. The van der Waals surface area contributed by atoms with Crippen LogP contribution >= 0.6 is 0 Å². The molecule has 11 heteroatoms. The van der Waals surface area contributed by atoms with Gasteiger partial charge in [0.1, 0.15) is 17.4 Å². The van der Waals surface area contributed by atoms with Crippen LogP contribution in [-0.4, -0.2) is 37.5 Å². The van der Waals surface area contributed by atoms with E-state index >= 15 is 0 Å². The summed E-state index contributed by atoms with van der Waals surface area (Å²) in [4.78, 5) is 12.2.